The molecule has 0 radical (unpaired) electrons. The summed E-state index contributed by atoms with van der Waals surface area (Å²) < 4.78 is 1.05. The van der Waals surface area contributed by atoms with Crippen LogP contribution in [0.3, 0.4) is 0 Å². The van der Waals surface area contributed by atoms with Crippen LogP contribution in [-0.2, 0) is 11.3 Å². The molecular weight excluding hydrogens is 257 g/mol. The van der Waals surface area contributed by atoms with Crippen LogP contribution in [0.2, 0.25) is 0 Å². The summed E-state index contributed by atoms with van der Waals surface area (Å²) >= 11 is 0. The second-order valence-corrected chi connectivity index (χ2v) is 3.69. The smallest absolute Gasteiger partial charge is 1.00 e. The molecule has 1 heterocycles. The fraction of sp³-hybridized carbons (Fsp3) is 0.0833. The van der Waals surface area contributed by atoms with Crippen molar-refractivity contribution < 1.29 is 40.9 Å². The number of hydrogen-bond acceptors (Lipinski definition) is 4. The number of nitrogens with two attached hydrogens (primary N) is 1. The van der Waals surface area contributed by atoms with Gasteiger partial charge < -0.3 is 12.3 Å². The zero-order valence-electron chi connectivity index (χ0n) is 11.4. The summed E-state index contributed by atoms with van der Waals surface area (Å²) in [5, 5.41) is 8.83. The van der Waals surface area contributed by atoms with Crippen molar-refractivity contribution >= 4 is 11.7 Å². The topological polar surface area (TPSA) is 98.2 Å². The molecule has 0 aliphatic heterocycles. The van der Waals surface area contributed by atoms with Crippen molar-refractivity contribution in [2.45, 2.75) is 6.54 Å². The number of aliphatic carboxylic acids is 1. The van der Waals surface area contributed by atoms with Gasteiger partial charge in [-0.15, -0.1) is 0 Å². The molecule has 0 saturated carbocycles. The van der Waals surface area contributed by atoms with Crippen molar-refractivity contribution in [2.75, 3.05) is 5.73 Å². The second-order valence-electron chi connectivity index (χ2n) is 3.69. The van der Waals surface area contributed by atoms with Gasteiger partial charge in [0.25, 0.3) is 5.56 Å². The first kappa shape index (κ1) is 15.4. The number of aromatic nitrogens is 2. The largest absolute Gasteiger partial charge is 1.00 e. The van der Waals surface area contributed by atoms with Gasteiger partial charge in [0.1, 0.15) is 18.1 Å². The van der Waals surface area contributed by atoms with Gasteiger partial charge in [0, 0.05) is 5.56 Å². The summed E-state index contributed by atoms with van der Waals surface area (Å²) in [5.41, 5.74) is 5.49. The van der Waals surface area contributed by atoms with Gasteiger partial charge in [-0.2, -0.15) is 0 Å². The van der Waals surface area contributed by atoms with Crippen LogP contribution in [0.1, 0.15) is 1.43 Å². The Labute approximate surface area is 132 Å². The number of carboxylic acid groups (broad SMARTS) is 1. The molecule has 0 aliphatic rings. The zero-order chi connectivity index (χ0) is 13.1. The summed E-state index contributed by atoms with van der Waals surface area (Å²) in [6, 6.07) is 8.87. The molecule has 0 spiro atoms. The average Bonchev–Trinajstić information content (AvgIpc) is 2.36. The fourth-order valence-corrected chi connectivity index (χ4v) is 1.61. The maximum Gasteiger partial charge on any atom is 1.00 e. The van der Waals surface area contributed by atoms with Crippen LogP contribution in [0.25, 0.3) is 11.4 Å². The molecule has 19 heavy (non-hydrogen) atoms. The summed E-state index contributed by atoms with van der Waals surface area (Å²) in [4.78, 5) is 26.7. The van der Waals surface area contributed by atoms with E-state index >= 15 is 0 Å². The molecule has 0 fully saturated rings. The molecule has 2 aromatic rings. The first-order valence-electron chi connectivity index (χ1n) is 5.22. The van der Waals surface area contributed by atoms with Crippen LogP contribution in [0.4, 0.5) is 5.69 Å². The fourth-order valence-electron chi connectivity index (χ4n) is 1.61. The molecule has 3 N–H and O–H groups in total. The minimum atomic E-state index is -1.12. The maximum atomic E-state index is 11.8. The predicted molar refractivity (Wildman–Crippen MR) is 67.1 cm³/mol. The van der Waals surface area contributed by atoms with E-state index in [9.17, 15) is 9.59 Å². The van der Waals surface area contributed by atoms with Gasteiger partial charge in [0.15, 0.2) is 0 Å². The van der Waals surface area contributed by atoms with E-state index in [0.717, 1.165) is 4.57 Å². The van der Waals surface area contributed by atoms with Crippen LogP contribution < -0.4 is 40.9 Å². The number of carbonyl (C=O) groups is 1. The van der Waals surface area contributed by atoms with Gasteiger partial charge >= 0.3 is 35.5 Å². The number of nitrogen functional groups attached to an aromatic ring is 1. The number of benzene rings is 1. The van der Waals surface area contributed by atoms with Crippen molar-refractivity contribution in [3.63, 3.8) is 0 Å². The first-order valence-corrected chi connectivity index (χ1v) is 5.22. The van der Waals surface area contributed by atoms with Gasteiger partial charge in [-0.05, 0) is 0 Å². The Morgan fingerprint density at radius 1 is 1.37 bits per heavy atom. The molecule has 2 rings (SSSR count). The van der Waals surface area contributed by atoms with Gasteiger partial charge in [-0.25, -0.2) is 4.98 Å². The Kier molecular flexibility index (Phi) is 5.29. The van der Waals surface area contributed by atoms with Crippen molar-refractivity contribution in [3.05, 3.63) is 46.9 Å². The van der Waals surface area contributed by atoms with Gasteiger partial charge in [0.2, 0.25) is 0 Å². The van der Waals surface area contributed by atoms with E-state index in [2.05, 4.69) is 4.98 Å². The third kappa shape index (κ3) is 3.44. The summed E-state index contributed by atoms with van der Waals surface area (Å²) in [6.45, 7) is -0.471. The van der Waals surface area contributed by atoms with E-state index < -0.39 is 18.1 Å². The van der Waals surface area contributed by atoms with Crippen LogP contribution in [-0.4, -0.2) is 20.6 Å². The molecule has 0 saturated heterocycles. The van der Waals surface area contributed by atoms with Crippen molar-refractivity contribution in [1.29, 1.82) is 0 Å². The molecular formula is C12H12N3NaO3. The SMILES string of the molecule is Nc1cnc(-c2ccccc2)n(CC(=O)O)c1=O.[H-].[Na+]. The van der Waals surface area contributed by atoms with Crippen molar-refractivity contribution in [1.82, 2.24) is 9.55 Å². The Hall–Kier alpha value is -1.63. The van der Waals surface area contributed by atoms with Crippen LogP contribution in [0, 0.1) is 0 Å². The standard InChI is InChI=1S/C12H11N3O3.Na.H/c13-9-6-14-11(8-4-2-1-3-5-8)15(12(9)18)7-10(16)17;;/h1-6H,7,13H2,(H,16,17);;/q;+1;-1. The Morgan fingerprint density at radius 2 is 2.00 bits per heavy atom. The van der Waals surface area contributed by atoms with Crippen LogP contribution >= 0.6 is 0 Å². The van der Waals surface area contributed by atoms with E-state index in [4.69, 9.17) is 10.8 Å². The monoisotopic (exact) mass is 269 g/mol. The van der Waals surface area contributed by atoms with E-state index in [1.165, 1.54) is 6.20 Å². The number of carboxylic acids is 1. The zero-order valence-corrected chi connectivity index (χ0v) is 12.4. The third-order valence-corrected chi connectivity index (χ3v) is 2.40. The number of rotatable bonds is 3. The van der Waals surface area contributed by atoms with E-state index in [0.29, 0.717) is 5.56 Å². The quantitative estimate of drug-likeness (QED) is 0.610. The molecule has 1 aromatic heterocycles. The first-order chi connectivity index (χ1) is 8.59. The van der Waals surface area contributed by atoms with E-state index in [-0.39, 0.29) is 42.5 Å². The molecule has 6 nitrogen and oxygen atoms in total. The van der Waals surface area contributed by atoms with Gasteiger partial charge in [0.05, 0.1) is 6.20 Å². The molecule has 94 valence electrons. The van der Waals surface area contributed by atoms with Crippen LogP contribution in [0.15, 0.2) is 41.3 Å². The third-order valence-electron chi connectivity index (χ3n) is 2.40. The number of anilines is 1. The molecule has 0 bridgehead atoms. The summed E-state index contributed by atoms with van der Waals surface area (Å²) in [5.74, 6) is -0.834. The molecule has 0 unspecified atom stereocenters. The Bertz CT molecular complexity index is 646. The molecule has 0 aliphatic carbocycles. The summed E-state index contributed by atoms with van der Waals surface area (Å²) in [6.07, 6.45) is 1.24. The normalized spacial score (nSPS) is 9.68. The average molecular weight is 269 g/mol. The van der Waals surface area contributed by atoms with Gasteiger partial charge in [-0.1, -0.05) is 30.3 Å². The number of nitrogens with zero attached hydrogens (tertiary/aromatic N) is 2. The minimum Gasteiger partial charge on any atom is -1.00 e. The van der Waals surface area contributed by atoms with Crippen LogP contribution in [0.5, 0.6) is 0 Å². The molecule has 0 atom stereocenters. The molecule has 0 amide bonds. The molecule has 1 aromatic carbocycles. The minimum absolute atomic E-state index is 0. The number of hydrogen-bond donors (Lipinski definition) is 2. The van der Waals surface area contributed by atoms with Crippen molar-refractivity contribution in [2.24, 2.45) is 0 Å². The summed E-state index contributed by atoms with van der Waals surface area (Å²) in [7, 11) is 0. The predicted octanol–water partition coefficient (Wildman–Crippen LogP) is -2.31. The van der Waals surface area contributed by atoms with E-state index in [1.54, 1.807) is 24.3 Å². The Balaban J connectivity index is 0.00000180. The van der Waals surface area contributed by atoms with Crippen molar-refractivity contribution in [3.8, 4) is 11.4 Å². The van der Waals surface area contributed by atoms with E-state index in [1.807, 2.05) is 6.07 Å². The molecule has 7 heteroatoms. The second kappa shape index (κ2) is 6.51. The maximum absolute atomic E-state index is 11.8. The van der Waals surface area contributed by atoms with Gasteiger partial charge in [-0.3, -0.25) is 14.2 Å². The Morgan fingerprint density at radius 3 is 2.58 bits per heavy atom.